The van der Waals surface area contributed by atoms with Crippen molar-refractivity contribution in [3.8, 4) is 5.75 Å². The lowest BCUT2D eigenvalue weighted by Crippen LogP contribution is -2.01. The molecule has 0 radical (unpaired) electrons. The highest BCUT2D eigenvalue weighted by molar-refractivity contribution is 5.36. The summed E-state index contributed by atoms with van der Waals surface area (Å²) in [4.78, 5) is 0. The number of hydrogen-bond donors (Lipinski definition) is 2. The molecule has 3 nitrogen and oxygen atoms in total. The molecule has 15 heavy (non-hydrogen) atoms. The summed E-state index contributed by atoms with van der Waals surface area (Å²) in [5.41, 5.74) is 1.90. The normalized spacial score (nSPS) is 12.5. The summed E-state index contributed by atoms with van der Waals surface area (Å²) in [5.74, 6) is 0.813. The van der Waals surface area contributed by atoms with Crippen LogP contribution in [0.5, 0.6) is 5.75 Å². The molecule has 3 heteroatoms. The van der Waals surface area contributed by atoms with Gasteiger partial charge >= 0.3 is 0 Å². The second-order valence-corrected chi connectivity index (χ2v) is 3.63. The summed E-state index contributed by atoms with van der Waals surface area (Å²) in [7, 11) is 0. The van der Waals surface area contributed by atoms with E-state index in [1.54, 1.807) is 6.92 Å². The van der Waals surface area contributed by atoms with Crippen molar-refractivity contribution < 1.29 is 14.9 Å². The van der Waals surface area contributed by atoms with Crippen molar-refractivity contribution in [1.29, 1.82) is 0 Å². The van der Waals surface area contributed by atoms with Crippen LogP contribution in [0.25, 0.3) is 0 Å². The average Bonchev–Trinajstić information content (AvgIpc) is 2.20. The van der Waals surface area contributed by atoms with Crippen molar-refractivity contribution >= 4 is 0 Å². The number of benzene rings is 1. The third-order valence-corrected chi connectivity index (χ3v) is 2.24. The highest BCUT2D eigenvalue weighted by atomic mass is 16.5. The van der Waals surface area contributed by atoms with Crippen molar-refractivity contribution in [2.75, 3.05) is 13.2 Å². The van der Waals surface area contributed by atoms with Crippen molar-refractivity contribution in [1.82, 2.24) is 0 Å². The van der Waals surface area contributed by atoms with E-state index in [-0.39, 0.29) is 6.61 Å². The highest BCUT2D eigenvalue weighted by Gasteiger charge is 2.04. The summed E-state index contributed by atoms with van der Waals surface area (Å²) in [6.07, 6.45) is 0.188. The first-order valence-electron chi connectivity index (χ1n) is 5.17. The van der Waals surface area contributed by atoms with Crippen molar-refractivity contribution in [3.63, 3.8) is 0 Å². The van der Waals surface area contributed by atoms with Crippen LogP contribution in [0.15, 0.2) is 18.2 Å². The smallest absolute Gasteiger partial charge is 0.122 e. The SMILES string of the molecule is Cc1cc([C@H](C)O)ccc1OCCCO. The molecule has 1 aromatic rings. The summed E-state index contributed by atoms with van der Waals surface area (Å²) in [6, 6.07) is 5.62. The fraction of sp³-hybridized carbons (Fsp3) is 0.500. The Hall–Kier alpha value is -1.06. The van der Waals surface area contributed by atoms with Gasteiger partial charge in [0.05, 0.1) is 12.7 Å². The first-order valence-corrected chi connectivity index (χ1v) is 5.17. The van der Waals surface area contributed by atoms with Crippen LogP contribution in [0.3, 0.4) is 0 Å². The van der Waals surface area contributed by atoms with Gasteiger partial charge in [-0.15, -0.1) is 0 Å². The minimum atomic E-state index is -0.449. The fourth-order valence-electron chi connectivity index (χ4n) is 1.34. The largest absolute Gasteiger partial charge is 0.493 e. The monoisotopic (exact) mass is 210 g/mol. The minimum Gasteiger partial charge on any atom is -0.493 e. The van der Waals surface area contributed by atoms with Crippen LogP contribution in [0.2, 0.25) is 0 Å². The standard InChI is InChI=1S/C12H18O3/c1-9-8-11(10(2)14)4-5-12(9)15-7-3-6-13/h4-5,8,10,13-14H,3,6-7H2,1-2H3/t10-/m0/s1. The van der Waals surface area contributed by atoms with Crippen molar-refractivity contribution in [3.05, 3.63) is 29.3 Å². The number of ether oxygens (including phenoxy) is 1. The van der Waals surface area contributed by atoms with Gasteiger partial charge in [-0.05, 0) is 37.1 Å². The molecule has 84 valence electrons. The van der Waals surface area contributed by atoms with E-state index in [9.17, 15) is 5.11 Å². The van der Waals surface area contributed by atoms with Gasteiger partial charge in [-0.3, -0.25) is 0 Å². The van der Waals surface area contributed by atoms with Gasteiger partial charge in [0.15, 0.2) is 0 Å². The Morgan fingerprint density at radius 1 is 1.40 bits per heavy atom. The van der Waals surface area contributed by atoms with E-state index < -0.39 is 6.10 Å². The van der Waals surface area contributed by atoms with E-state index in [1.807, 2.05) is 25.1 Å². The van der Waals surface area contributed by atoms with Gasteiger partial charge in [-0.1, -0.05) is 6.07 Å². The average molecular weight is 210 g/mol. The van der Waals surface area contributed by atoms with E-state index in [1.165, 1.54) is 0 Å². The molecule has 0 aliphatic heterocycles. The Morgan fingerprint density at radius 3 is 2.67 bits per heavy atom. The molecule has 0 heterocycles. The number of aliphatic hydroxyl groups excluding tert-OH is 2. The number of hydrogen-bond acceptors (Lipinski definition) is 3. The molecular weight excluding hydrogens is 192 g/mol. The molecule has 1 aromatic carbocycles. The van der Waals surface area contributed by atoms with Crippen LogP contribution in [-0.4, -0.2) is 23.4 Å². The maximum Gasteiger partial charge on any atom is 0.122 e. The van der Waals surface area contributed by atoms with Gasteiger partial charge in [0, 0.05) is 13.0 Å². The van der Waals surface area contributed by atoms with Gasteiger partial charge in [0.25, 0.3) is 0 Å². The molecule has 0 saturated heterocycles. The zero-order valence-electron chi connectivity index (χ0n) is 9.23. The molecular formula is C12H18O3. The molecule has 0 fully saturated rings. The molecule has 1 atom stereocenters. The Morgan fingerprint density at radius 2 is 2.13 bits per heavy atom. The zero-order chi connectivity index (χ0) is 11.3. The fourth-order valence-corrected chi connectivity index (χ4v) is 1.34. The Bertz CT molecular complexity index is 308. The predicted octanol–water partition coefficient (Wildman–Crippen LogP) is 1.81. The van der Waals surface area contributed by atoms with Crippen LogP contribution in [-0.2, 0) is 0 Å². The third-order valence-electron chi connectivity index (χ3n) is 2.24. The molecule has 2 N–H and O–H groups in total. The number of aryl methyl sites for hydroxylation is 1. The number of aliphatic hydroxyl groups is 2. The molecule has 0 aliphatic rings. The summed E-state index contributed by atoms with van der Waals surface area (Å²) < 4.78 is 5.47. The molecule has 0 aliphatic carbocycles. The molecule has 0 amide bonds. The first-order chi connectivity index (χ1) is 7.15. The first kappa shape index (κ1) is 12.0. The van der Waals surface area contributed by atoms with E-state index in [2.05, 4.69) is 0 Å². The van der Waals surface area contributed by atoms with Crippen LogP contribution in [0.4, 0.5) is 0 Å². The van der Waals surface area contributed by atoms with Crippen LogP contribution < -0.4 is 4.74 Å². The third kappa shape index (κ3) is 3.53. The lowest BCUT2D eigenvalue weighted by molar-refractivity contribution is 0.199. The van der Waals surface area contributed by atoms with Gasteiger partial charge in [0.2, 0.25) is 0 Å². The second-order valence-electron chi connectivity index (χ2n) is 3.63. The van der Waals surface area contributed by atoms with E-state index in [0.29, 0.717) is 13.0 Å². The van der Waals surface area contributed by atoms with E-state index in [4.69, 9.17) is 9.84 Å². The maximum absolute atomic E-state index is 9.38. The molecule has 0 unspecified atom stereocenters. The van der Waals surface area contributed by atoms with Crippen molar-refractivity contribution in [2.24, 2.45) is 0 Å². The lowest BCUT2D eigenvalue weighted by Gasteiger charge is -2.11. The Kier molecular flexibility index (Phi) is 4.59. The summed E-state index contributed by atoms with van der Waals surface area (Å²) in [6.45, 7) is 4.34. The molecule has 1 rings (SSSR count). The number of rotatable bonds is 5. The topological polar surface area (TPSA) is 49.7 Å². The molecule has 0 aromatic heterocycles. The Balaban J connectivity index is 2.66. The minimum absolute atomic E-state index is 0.144. The van der Waals surface area contributed by atoms with Crippen LogP contribution >= 0.6 is 0 Å². The van der Waals surface area contributed by atoms with E-state index >= 15 is 0 Å². The zero-order valence-corrected chi connectivity index (χ0v) is 9.23. The quantitative estimate of drug-likeness (QED) is 0.729. The van der Waals surface area contributed by atoms with Crippen molar-refractivity contribution in [2.45, 2.75) is 26.4 Å². The summed E-state index contributed by atoms with van der Waals surface area (Å²) >= 11 is 0. The van der Waals surface area contributed by atoms with Gasteiger partial charge < -0.3 is 14.9 Å². The van der Waals surface area contributed by atoms with Gasteiger partial charge in [0.1, 0.15) is 5.75 Å². The maximum atomic E-state index is 9.38. The molecule has 0 spiro atoms. The van der Waals surface area contributed by atoms with Gasteiger partial charge in [-0.2, -0.15) is 0 Å². The highest BCUT2D eigenvalue weighted by Crippen LogP contribution is 2.22. The van der Waals surface area contributed by atoms with Crippen LogP contribution in [0, 0.1) is 6.92 Å². The predicted molar refractivity (Wildman–Crippen MR) is 59.0 cm³/mol. The van der Waals surface area contributed by atoms with E-state index in [0.717, 1.165) is 16.9 Å². The second kappa shape index (κ2) is 5.73. The summed E-state index contributed by atoms with van der Waals surface area (Å²) in [5, 5.41) is 18.0. The molecule has 0 bridgehead atoms. The Labute approximate surface area is 90.3 Å². The lowest BCUT2D eigenvalue weighted by atomic mass is 10.1. The van der Waals surface area contributed by atoms with Gasteiger partial charge in [-0.25, -0.2) is 0 Å². The molecule has 0 saturated carbocycles. The van der Waals surface area contributed by atoms with Crippen LogP contribution in [0.1, 0.15) is 30.6 Å².